The minimum Gasteiger partial charge on any atom is -0.205 e. The van der Waals surface area contributed by atoms with Crippen LogP contribution >= 0.6 is 0 Å². The van der Waals surface area contributed by atoms with Crippen LogP contribution in [0.1, 0.15) is 12.5 Å². The molecule has 66 valence electrons. The Balaban J connectivity index is 2.84. The van der Waals surface area contributed by atoms with Crippen LogP contribution in [0.25, 0.3) is 10.9 Å². The van der Waals surface area contributed by atoms with E-state index in [1.165, 1.54) is 10.9 Å². The molecule has 0 saturated carbocycles. The predicted octanol–water partition coefficient (Wildman–Crippen LogP) is 1.40. The zero-order chi connectivity index (χ0) is 9.26. The van der Waals surface area contributed by atoms with Crippen molar-refractivity contribution >= 4 is 10.9 Å². The van der Waals surface area contributed by atoms with Gasteiger partial charge in [0.1, 0.15) is 0 Å². The van der Waals surface area contributed by atoms with Gasteiger partial charge in [0.05, 0.1) is 5.39 Å². The van der Waals surface area contributed by atoms with Crippen LogP contribution in [-0.4, -0.2) is 0 Å². The second-order valence-corrected chi connectivity index (χ2v) is 3.12. The SMILES string of the molecule is CCc1cccc2c1ccc[n+]2N. The molecule has 0 saturated heterocycles. The molecule has 13 heavy (non-hydrogen) atoms. The summed E-state index contributed by atoms with van der Waals surface area (Å²) in [6.45, 7) is 2.16. The molecule has 1 heterocycles. The van der Waals surface area contributed by atoms with Crippen molar-refractivity contribution in [1.82, 2.24) is 0 Å². The zero-order valence-electron chi connectivity index (χ0n) is 7.70. The number of benzene rings is 1. The van der Waals surface area contributed by atoms with Gasteiger partial charge in [-0.15, -0.1) is 0 Å². The van der Waals surface area contributed by atoms with Crippen LogP contribution < -0.4 is 10.5 Å². The molecule has 0 aliphatic rings. The normalized spacial score (nSPS) is 10.5. The lowest BCUT2D eigenvalue weighted by atomic mass is 10.1. The van der Waals surface area contributed by atoms with Crippen LogP contribution in [0.3, 0.4) is 0 Å². The topological polar surface area (TPSA) is 29.9 Å². The summed E-state index contributed by atoms with van der Waals surface area (Å²) in [6, 6.07) is 10.3. The number of aromatic nitrogens is 1. The van der Waals surface area contributed by atoms with Gasteiger partial charge >= 0.3 is 0 Å². The monoisotopic (exact) mass is 173 g/mol. The van der Waals surface area contributed by atoms with Crippen LogP contribution in [0.4, 0.5) is 0 Å². The summed E-state index contributed by atoms with van der Waals surface area (Å²) >= 11 is 0. The van der Waals surface area contributed by atoms with Gasteiger partial charge in [0, 0.05) is 12.1 Å². The van der Waals surface area contributed by atoms with Crippen LogP contribution in [0.2, 0.25) is 0 Å². The molecule has 0 aliphatic heterocycles. The Morgan fingerprint density at radius 3 is 2.85 bits per heavy atom. The summed E-state index contributed by atoms with van der Waals surface area (Å²) in [5.74, 6) is 5.80. The number of hydrogen-bond acceptors (Lipinski definition) is 1. The molecule has 0 atom stereocenters. The van der Waals surface area contributed by atoms with Crippen molar-refractivity contribution in [1.29, 1.82) is 0 Å². The number of pyridine rings is 1. The molecule has 2 aromatic rings. The Kier molecular flexibility index (Phi) is 1.89. The lowest BCUT2D eigenvalue weighted by molar-refractivity contribution is -0.611. The fourth-order valence-corrected chi connectivity index (χ4v) is 1.64. The van der Waals surface area contributed by atoms with E-state index in [2.05, 4.69) is 19.1 Å². The minimum absolute atomic E-state index is 1.04. The third-order valence-corrected chi connectivity index (χ3v) is 2.34. The zero-order valence-corrected chi connectivity index (χ0v) is 7.70. The van der Waals surface area contributed by atoms with E-state index in [4.69, 9.17) is 5.84 Å². The average Bonchev–Trinajstić information content (AvgIpc) is 2.18. The van der Waals surface area contributed by atoms with Gasteiger partial charge in [0.25, 0.3) is 0 Å². The van der Waals surface area contributed by atoms with Crippen LogP contribution in [0.15, 0.2) is 36.5 Å². The number of nitrogens with two attached hydrogens (primary N) is 1. The third kappa shape index (κ3) is 1.24. The van der Waals surface area contributed by atoms with Crippen molar-refractivity contribution in [3.8, 4) is 0 Å². The van der Waals surface area contributed by atoms with Crippen molar-refractivity contribution < 1.29 is 4.68 Å². The summed E-state index contributed by atoms with van der Waals surface area (Å²) in [5.41, 5.74) is 2.43. The number of nitrogens with zero attached hydrogens (tertiary/aromatic N) is 1. The number of hydrogen-bond donors (Lipinski definition) is 1. The van der Waals surface area contributed by atoms with Gasteiger partial charge in [-0.1, -0.05) is 23.7 Å². The lowest BCUT2D eigenvalue weighted by Gasteiger charge is -2.00. The maximum Gasteiger partial charge on any atom is 0.242 e. The Labute approximate surface area is 77.6 Å². The smallest absolute Gasteiger partial charge is 0.205 e. The van der Waals surface area contributed by atoms with Gasteiger partial charge in [-0.05, 0) is 18.1 Å². The van der Waals surface area contributed by atoms with Gasteiger partial charge < -0.3 is 0 Å². The van der Waals surface area contributed by atoms with E-state index < -0.39 is 0 Å². The Morgan fingerprint density at radius 1 is 1.23 bits per heavy atom. The third-order valence-electron chi connectivity index (χ3n) is 2.34. The Hall–Kier alpha value is -1.57. The molecule has 0 radical (unpaired) electrons. The Bertz CT molecular complexity index is 435. The highest BCUT2D eigenvalue weighted by Crippen LogP contribution is 2.14. The molecule has 0 bridgehead atoms. The van der Waals surface area contributed by atoms with E-state index >= 15 is 0 Å². The van der Waals surface area contributed by atoms with Crippen molar-refractivity contribution in [2.45, 2.75) is 13.3 Å². The van der Waals surface area contributed by atoms with E-state index in [1.54, 1.807) is 4.68 Å². The highest BCUT2D eigenvalue weighted by molar-refractivity contribution is 5.79. The highest BCUT2D eigenvalue weighted by atomic mass is 15.3. The molecule has 2 N–H and O–H groups in total. The van der Waals surface area contributed by atoms with Gasteiger partial charge in [0.15, 0.2) is 6.20 Å². The molecule has 0 aliphatic carbocycles. The van der Waals surface area contributed by atoms with Gasteiger partial charge in [-0.3, -0.25) is 0 Å². The molecule has 1 aromatic carbocycles. The second-order valence-electron chi connectivity index (χ2n) is 3.12. The molecule has 0 spiro atoms. The van der Waals surface area contributed by atoms with Crippen LogP contribution in [-0.2, 0) is 6.42 Å². The van der Waals surface area contributed by atoms with E-state index in [0.29, 0.717) is 0 Å². The minimum atomic E-state index is 1.04. The molecular weight excluding hydrogens is 160 g/mol. The quantitative estimate of drug-likeness (QED) is 0.513. The first-order chi connectivity index (χ1) is 6.33. The van der Waals surface area contributed by atoms with Crippen molar-refractivity contribution in [2.24, 2.45) is 0 Å². The first-order valence-electron chi connectivity index (χ1n) is 4.50. The lowest BCUT2D eigenvalue weighted by Crippen LogP contribution is -2.44. The maximum atomic E-state index is 5.80. The summed E-state index contributed by atoms with van der Waals surface area (Å²) in [7, 11) is 0. The maximum absolute atomic E-state index is 5.80. The van der Waals surface area contributed by atoms with Gasteiger partial charge in [-0.25, -0.2) is 5.84 Å². The van der Waals surface area contributed by atoms with Crippen LogP contribution in [0.5, 0.6) is 0 Å². The number of rotatable bonds is 1. The molecule has 1 aromatic heterocycles. The summed E-state index contributed by atoms with van der Waals surface area (Å²) in [6.07, 6.45) is 2.91. The van der Waals surface area contributed by atoms with Gasteiger partial charge in [-0.2, -0.15) is 0 Å². The molecule has 2 heteroatoms. The standard InChI is InChI=1S/C11H13N2/c1-2-9-5-3-7-11-10(9)6-4-8-13(11)12/h3-8H,2,12H2,1H3/q+1. The van der Waals surface area contributed by atoms with E-state index in [-0.39, 0.29) is 0 Å². The van der Waals surface area contributed by atoms with Crippen molar-refractivity contribution in [3.05, 3.63) is 42.1 Å². The van der Waals surface area contributed by atoms with E-state index in [0.717, 1.165) is 11.9 Å². The molecule has 0 amide bonds. The fraction of sp³-hybridized carbons (Fsp3) is 0.182. The predicted molar refractivity (Wildman–Crippen MR) is 53.7 cm³/mol. The number of nitrogen functional groups attached to an aromatic ring is 1. The van der Waals surface area contributed by atoms with E-state index in [1.807, 2.05) is 24.4 Å². The second kappa shape index (κ2) is 3.05. The molecule has 0 unspecified atom stereocenters. The summed E-state index contributed by atoms with van der Waals surface area (Å²) in [4.78, 5) is 0. The molecular formula is C11H13N2+. The first-order valence-corrected chi connectivity index (χ1v) is 4.50. The highest BCUT2D eigenvalue weighted by Gasteiger charge is 2.06. The largest absolute Gasteiger partial charge is 0.242 e. The first kappa shape index (κ1) is 8.05. The molecule has 2 rings (SSSR count). The fourth-order valence-electron chi connectivity index (χ4n) is 1.64. The van der Waals surface area contributed by atoms with Crippen LogP contribution in [0, 0.1) is 0 Å². The number of aryl methyl sites for hydroxylation is 1. The van der Waals surface area contributed by atoms with Crippen molar-refractivity contribution in [2.75, 3.05) is 5.84 Å². The molecule has 0 fully saturated rings. The summed E-state index contributed by atoms with van der Waals surface area (Å²) < 4.78 is 1.66. The Morgan fingerprint density at radius 2 is 2.08 bits per heavy atom. The molecule has 2 nitrogen and oxygen atoms in total. The van der Waals surface area contributed by atoms with Gasteiger partial charge in [0.2, 0.25) is 5.52 Å². The average molecular weight is 173 g/mol. The van der Waals surface area contributed by atoms with E-state index in [9.17, 15) is 0 Å². The summed E-state index contributed by atoms with van der Waals surface area (Å²) in [5, 5.41) is 1.25. The number of fused-ring (bicyclic) bond motifs is 1. The van der Waals surface area contributed by atoms with Crippen molar-refractivity contribution in [3.63, 3.8) is 0 Å².